The van der Waals surface area contributed by atoms with Crippen molar-refractivity contribution >= 4 is 24.0 Å². The van der Waals surface area contributed by atoms with Gasteiger partial charge in [0, 0.05) is 0 Å². The molecule has 96 valence electrons. The van der Waals surface area contributed by atoms with E-state index in [1.165, 1.54) is 12.5 Å². The van der Waals surface area contributed by atoms with Crippen LogP contribution in [0, 0.1) is 5.92 Å². The lowest BCUT2D eigenvalue weighted by molar-refractivity contribution is 0.0413. The predicted octanol–water partition coefficient (Wildman–Crippen LogP) is 2.63. The van der Waals surface area contributed by atoms with Gasteiger partial charge in [0.1, 0.15) is 5.75 Å². The molecule has 1 fully saturated rings. The largest absolute Gasteiger partial charge is 0.506 e. The molecule has 0 spiro atoms. The molecule has 0 unspecified atom stereocenters. The van der Waals surface area contributed by atoms with Crippen molar-refractivity contribution in [2.24, 2.45) is 11.7 Å². The topological polar surface area (TPSA) is 66.5 Å². The summed E-state index contributed by atoms with van der Waals surface area (Å²) >= 11 is 5.80. The summed E-state index contributed by atoms with van der Waals surface area (Å²) in [6, 6.07) is 4.39. The lowest BCUT2D eigenvalue weighted by atomic mass is 9.77. The van der Waals surface area contributed by atoms with Gasteiger partial charge >= 0.3 is 0 Å². The van der Waals surface area contributed by atoms with Gasteiger partial charge in [-0.1, -0.05) is 24.1 Å². The van der Waals surface area contributed by atoms with Crippen LogP contribution in [0.2, 0.25) is 5.02 Å². The van der Waals surface area contributed by atoms with Crippen molar-refractivity contribution in [3.63, 3.8) is 0 Å². The molecule has 1 aliphatic rings. The Morgan fingerprint density at radius 1 is 1.35 bits per heavy atom. The fourth-order valence-corrected chi connectivity index (χ4v) is 2.19. The number of phenols is 1. The zero-order valence-corrected chi connectivity index (χ0v) is 10.9. The second-order valence-corrected chi connectivity index (χ2v) is 4.83. The lowest BCUT2D eigenvalue weighted by Crippen LogP contribution is -2.36. The van der Waals surface area contributed by atoms with Crippen LogP contribution in [-0.2, 0) is 0 Å². The molecule has 0 aliphatic heterocycles. The van der Waals surface area contributed by atoms with Gasteiger partial charge in [0.25, 0.3) is 0 Å². The first-order chi connectivity index (χ1) is 7.59. The second kappa shape index (κ2) is 5.91. The summed E-state index contributed by atoms with van der Waals surface area (Å²) in [4.78, 5) is 0. The van der Waals surface area contributed by atoms with E-state index in [9.17, 15) is 10.2 Å². The first-order valence-corrected chi connectivity index (χ1v) is 5.89. The van der Waals surface area contributed by atoms with Crippen molar-refractivity contribution < 1.29 is 10.2 Å². The first kappa shape index (κ1) is 14.6. The zero-order chi connectivity index (χ0) is 11.7. The third-order valence-corrected chi connectivity index (χ3v) is 3.66. The van der Waals surface area contributed by atoms with Gasteiger partial charge in [-0.3, -0.25) is 0 Å². The van der Waals surface area contributed by atoms with Gasteiger partial charge in [-0.25, -0.2) is 0 Å². The van der Waals surface area contributed by atoms with E-state index in [-0.39, 0.29) is 23.2 Å². The van der Waals surface area contributed by atoms with Gasteiger partial charge in [-0.2, -0.15) is 0 Å². The molecule has 17 heavy (non-hydrogen) atoms. The molecule has 0 heterocycles. The molecule has 1 aromatic carbocycles. The van der Waals surface area contributed by atoms with Crippen LogP contribution in [0.1, 0.15) is 30.9 Å². The minimum Gasteiger partial charge on any atom is -0.506 e. The molecule has 2 rings (SSSR count). The Hall–Kier alpha value is -0.480. The molecule has 1 aromatic rings. The maximum Gasteiger partial charge on any atom is 0.134 e. The van der Waals surface area contributed by atoms with Crippen molar-refractivity contribution in [1.29, 1.82) is 0 Å². The Kier molecular flexibility index (Phi) is 5.07. The monoisotopic (exact) mass is 277 g/mol. The van der Waals surface area contributed by atoms with Crippen molar-refractivity contribution in [2.45, 2.75) is 31.4 Å². The zero-order valence-electron chi connectivity index (χ0n) is 9.34. The molecular formula is C12H17Cl2NO2. The molecule has 1 aliphatic carbocycles. The minimum atomic E-state index is -0.519. The Morgan fingerprint density at radius 2 is 2.00 bits per heavy atom. The van der Waals surface area contributed by atoms with E-state index in [0.717, 1.165) is 18.4 Å². The average Bonchev–Trinajstić information content (AvgIpc) is 2.18. The summed E-state index contributed by atoms with van der Waals surface area (Å²) in [5.74, 6) is 0.346. The SMILES string of the molecule is Cl.N[C@@H](c1ccc(O)c(Cl)c1)[C@H](O)C1CCC1. The molecule has 0 saturated heterocycles. The third kappa shape index (κ3) is 3.05. The van der Waals surface area contributed by atoms with E-state index >= 15 is 0 Å². The van der Waals surface area contributed by atoms with E-state index in [4.69, 9.17) is 17.3 Å². The summed E-state index contributed by atoms with van der Waals surface area (Å²) in [6.07, 6.45) is 2.74. The molecule has 2 atom stereocenters. The molecule has 3 nitrogen and oxygen atoms in total. The van der Waals surface area contributed by atoms with Crippen LogP contribution in [0.5, 0.6) is 5.75 Å². The standard InChI is InChI=1S/C12H16ClNO2.ClH/c13-9-6-8(4-5-10(9)15)11(14)12(16)7-2-1-3-7;/h4-7,11-12,15-16H,1-3,14H2;1H/t11-,12+;/m0./s1. The van der Waals surface area contributed by atoms with Crippen molar-refractivity contribution in [3.8, 4) is 5.75 Å². The fraction of sp³-hybridized carbons (Fsp3) is 0.500. The summed E-state index contributed by atoms with van der Waals surface area (Å²) in [5.41, 5.74) is 6.74. The van der Waals surface area contributed by atoms with E-state index in [0.29, 0.717) is 5.92 Å². The van der Waals surface area contributed by atoms with Crippen molar-refractivity contribution in [3.05, 3.63) is 28.8 Å². The van der Waals surface area contributed by atoms with Gasteiger partial charge < -0.3 is 15.9 Å². The predicted molar refractivity (Wildman–Crippen MR) is 70.6 cm³/mol. The van der Waals surface area contributed by atoms with Crippen LogP contribution in [0.25, 0.3) is 0 Å². The van der Waals surface area contributed by atoms with E-state index in [1.54, 1.807) is 12.1 Å². The summed E-state index contributed by atoms with van der Waals surface area (Å²) in [7, 11) is 0. The highest BCUT2D eigenvalue weighted by atomic mass is 35.5. The maximum absolute atomic E-state index is 10.0. The van der Waals surface area contributed by atoms with Gasteiger partial charge in [0.05, 0.1) is 17.2 Å². The van der Waals surface area contributed by atoms with Crippen LogP contribution in [0.4, 0.5) is 0 Å². The van der Waals surface area contributed by atoms with Crippen LogP contribution in [0.3, 0.4) is 0 Å². The number of halogens is 2. The number of benzene rings is 1. The van der Waals surface area contributed by atoms with Crippen molar-refractivity contribution in [1.82, 2.24) is 0 Å². The van der Waals surface area contributed by atoms with Crippen LogP contribution in [-0.4, -0.2) is 16.3 Å². The van der Waals surface area contributed by atoms with Gasteiger partial charge in [-0.05, 0) is 36.5 Å². The minimum absolute atomic E-state index is 0. The van der Waals surface area contributed by atoms with Gasteiger partial charge in [-0.15, -0.1) is 12.4 Å². The highest BCUT2D eigenvalue weighted by Crippen LogP contribution is 2.35. The Balaban J connectivity index is 0.00000144. The first-order valence-electron chi connectivity index (χ1n) is 5.51. The molecular weight excluding hydrogens is 261 g/mol. The lowest BCUT2D eigenvalue weighted by Gasteiger charge is -2.33. The number of rotatable bonds is 3. The Labute approximate surface area is 112 Å². The average molecular weight is 278 g/mol. The Bertz CT molecular complexity index is 383. The number of hydrogen-bond acceptors (Lipinski definition) is 3. The Morgan fingerprint density at radius 3 is 2.47 bits per heavy atom. The number of hydrogen-bond donors (Lipinski definition) is 3. The van der Waals surface area contributed by atoms with E-state index < -0.39 is 12.1 Å². The van der Waals surface area contributed by atoms with Crippen LogP contribution in [0.15, 0.2) is 18.2 Å². The highest BCUT2D eigenvalue weighted by molar-refractivity contribution is 6.32. The van der Waals surface area contributed by atoms with Crippen molar-refractivity contribution in [2.75, 3.05) is 0 Å². The fourth-order valence-electron chi connectivity index (χ4n) is 2.00. The molecule has 5 heteroatoms. The molecule has 0 aromatic heterocycles. The highest BCUT2D eigenvalue weighted by Gasteiger charge is 2.30. The number of aliphatic hydroxyl groups is 1. The smallest absolute Gasteiger partial charge is 0.134 e. The molecule has 1 saturated carbocycles. The second-order valence-electron chi connectivity index (χ2n) is 4.42. The number of aliphatic hydroxyl groups excluding tert-OH is 1. The molecule has 0 radical (unpaired) electrons. The van der Waals surface area contributed by atoms with Gasteiger partial charge in [0.15, 0.2) is 0 Å². The summed E-state index contributed by atoms with van der Waals surface area (Å²) in [6.45, 7) is 0. The van der Waals surface area contributed by atoms with Crippen LogP contribution >= 0.6 is 24.0 Å². The quantitative estimate of drug-likeness (QED) is 0.796. The van der Waals surface area contributed by atoms with E-state index in [1.807, 2.05) is 0 Å². The summed E-state index contributed by atoms with van der Waals surface area (Å²) < 4.78 is 0. The molecule has 0 bridgehead atoms. The maximum atomic E-state index is 10.0. The third-order valence-electron chi connectivity index (χ3n) is 3.36. The number of nitrogens with two attached hydrogens (primary N) is 1. The normalized spacial score (nSPS) is 19.0. The van der Waals surface area contributed by atoms with Crippen LogP contribution < -0.4 is 5.73 Å². The summed E-state index contributed by atoms with van der Waals surface area (Å²) in [5, 5.41) is 19.6. The van der Waals surface area contributed by atoms with Gasteiger partial charge in [0.2, 0.25) is 0 Å². The molecule has 4 N–H and O–H groups in total. The number of phenolic OH excluding ortho intramolecular Hbond substituents is 1. The van der Waals surface area contributed by atoms with E-state index in [2.05, 4.69) is 0 Å². The number of aromatic hydroxyl groups is 1. The molecule has 0 amide bonds.